The van der Waals surface area contributed by atoms with Crippen molar-refractivity contribution in [2.45, 2.75) is 33.2 Å². The number of amides is 1. The SMILES string of the molecule is CCNCc1ccc(NC(=O)CCCOCC)cc1. The average molecular weight is 264 g/mol. The van der Waals surface area contributed by atoms with Crippen molar-refractivity contribution < 1.29 is 9.53 Å². The predicted octanol–water partition coefficient (Wildman–Crippen LogP) is 2.55. The summed E-state index contributed by atoms with van der Waals surface area (Å²) in [5.41, 5.74) is 2.07. The van der Waals surface area contributed by atoms with Crippen LogP contribution >= 0.6 is 0 Å². The summed E-state index contributed by atoms with van der Waals surface area (Å²) in [4.78, 5) is 11.7. The van der Waals surface area contributed by atoms with Gasteiger partial charge in [-0.15, -0.1) is 0 Å². The summed E-state index contributed by atoms with van der Waals surface area (Å²) < 4.78 is 5.20. The summed E-state index contributed by atoms with van der Waals surface area (Å²) in [5, 5.41) is 6.15. The van der Waals surface area contributed by atoms with Gasteiger partial charge in [-0.2, -0.15) is 0 Å². The van der Waals surface area contributed by atoms with Gasteiger partial charge in [-0.3, -0.25) is 4.79 Å². The van der Waals surface area contributed by atoms with Crippen LogP contribution in [0.1, 0.15) is 32.3 Å². The Hall–Kier alpha value is -1.39. The van der Waals surface area contributed by atoms with Gasteiger partial charge in [0.2, 0.25) is 5.91 Å². The van der Waals surface area contributed by atoms with Crippen LogP contribution < -0.4 is 10.6 Å². The Morgan fingerprint density at radius 3 is 2.58 bits per heavy atom. The number of nitrogens with one attached hydrogen (secondary N) is 2. The number of anilines is 1. The number of carbonyl (C=O) groups excluding carboxylic acids is 1. The van der Waals surface area contributed by atoms with Gasteiger partial charge < -0.3 is 15.4 Å². The van der Waals surface area contributed by atoms with Crippen LogP contribution in [0.25, 0.3) is 0 Å². The molecule has 106 valence electrons. The van der Waals surface area contributed by atoms with Crippen LogP contribution in [0, 0.1) is 0 Å². The fraction of sp³-hybridized carbons (Fsp3) is 0.533. The van der Waals surface area contributed by atoms with E-state index in [4.69, 9.17) is 4.74 Å². The molecule has 0 atom stereocenters. The highest BCUT2D eigenvalue weighted by Crippen LogP contribution is 2.10. The Kier molecular flexibility index (Phi) is 7.86. The molecular formula is C15H24N2O2. The van der Waals surface area contributed by atoms with Crippen molar-refractivity contribution in [2.75, 3.05) is 25.1 Å². The Bertz CT molecular complexity index is 363. The molecule has 19 heavy (non-hydrogen) atoms. The number of benzene rings is 1. The first-order valence-electron chi connectivity index (χ1n) is 6.93. The summed E-state index contributed by atoms with van der Waals surface area (Å²) in [6.45, 7) is 7.20. The second-order valence-corrected chi connectivity index (χ2v) is 4.33. The maximum Gasteiger partial charge on any atom is 0.224 e. The Labute approximate surface area is 115 Å². The van der Waals surface area contributed by atoms with Crippen molar-refractivity contribution in [2.24, 2.45) is 0 Å². The van der Waals surface area contributed by atoms with Crippen molar-refractivity contribution in [1.82, 2.24) is 5.32 Å². The van der Waals surface area contributed by atoms with E-state index in [-0.39, 0.29) is 5.91 Å². The molecule has 0 saturated carbocycles. The molecule has 0 aliphatic rings. The molecule has 1 amide bonds. The van der Waals surface area contributed by atoms with Crippen LogP contribution in [0.4, 0.5) is 5.69 Å². The Morgan fingerprint density at radius 2 is 1.95 bits per heavy atom. The lowest BCUT2D eigenvalue weighted by molar-refractivity contribution is -0.116. The normalized spacial score (nSPS) is 10.4. The smallest absolute Gasteiger partial charge is 0.224 e. The zero-order valence-corrected chi connectivity index (χ0v) is 11.9. The fourth-order valence-corrected chi connectivity index (χ4v) is 1.68. The first-order valence-corrected chi connectivity index (χ1v) is 6.93. The third kappa shape index (κ3) is 6.94. The highest BCUT2D eigenvalue weighted by atomic mass is 16.5. The molecule has 0 radical (unpaired) electrons. The van der Waals surface area contributed by atoms with E-state index in [0.717, 1.165) is 25.2 Å². The van der Waals surface area contributed by atoms with Crippen molar-refractivity contribution >= 4 is 11.6 Å². The van der Waals surface area contributed by atoms with Gasteiger partial charge in [0.1, 0.15) is 0 Å². The van der Waals surface area contributed by atoms with Crippen LogP contribution in [0.15, 0.2) is 24.3 Å². The molecule has 0 spiro atoms. The molecule has 0 aromatic heterocycles. The number of carbonyl (C=O) groups is 1. The first kappa shape index (κ1) is 15.7. The summed E-state index contributed by atoms with van der Waals surface area (Å²) in [5.74, 6) is 0.0409. The monoisotopic (exact) mass is 264 g/mol. The third-order valence-electron chi connectivity index (χ3n) is 2.71. The lowest BCUT2D eigenvalue weighted by Crippen LogP contribution is -2.13. The highest BCUT2D eigenvalue weighted by Gasteiger charge is 2.02. The Balaban J connectivity index is 2.29. The number of hydrogen-bond acceptors (Lipinski definition) is 3. The maximum atomic E-state index is 11.7. The van der Waals surface area contributed by atoms with E-state index >= 15 is 0 Å². The average Bonchev–Trinajstić information content (AvgIpc) is 2.43. The quantitative estimate of drug-likeness (QED) is 0.674. The molecule has 1 aromatic carbocycles. The zero-order valence-electron chi connectivity index (χ0n) is 11.9. The van der Waals surface area contributed by atoms with Crippen LogP contribution in [-0.4, -0.2) is 25.7 Å². The summed E-state index contributed by atoms with van der Waals surface area (Å²) in [6.07, 6.45) is 1.26. The Morgan fingerprint density at radius 1 is 1.21 bits per heavy atom. The molecule has 0 heterocycles. The standard InChI is InChI=1S/C15H24N2O2/c1-3-16-12-13-7-9-14(10-8-13)17-15(18)6-5-11-19-4-2/h7-10,16H,3-6,11-12H2,1-2H3,(H,17,18). The van der Waals surface area contributed by atoms with Crippen LogP contribution in [0.5, 0.6) is 0 Å². The van der Waals surface area contributed by atoms with E-state index in [2.05, 4.69) is 17.6 Å². The molecule has 0 aliphatic carbocycles. The molecule has 0 saturated heterocycles. The molecule has 0 unspecified atom stereocenters. The van der Waals surface area contributed by atoms with Crippen molar-refractivity contribution in [3.63, 3.8) is 0 Å². The second-order valence-electron chi connectivity index (χ2n) is 4.33. The highest BCUT2D eigenvalue weighted by molar-refractivity contribution is 5.90. The lowest BCUT2D eigenvalue weighted by atomic mass is 10.2. The summed E-state index contributed by atoms with van der Waals surface area (Å²) in [6, 6.07) is 7.93. The fourth-order valence-electron chi connectivity index (χ4n) is 1.68. The maximum absolute atomic E-state index is 11.7. The molecule has 0 bridgehead atoms. The minimum Gasteiger partial charge on any atom is -0.382 e. The predicted molar refractivity (Wildman–Crippen MR) is 78.2 cm³/mol. The van der Waals surface area contributed by atoms with E-state index in [1.54, 1.807) is 0 Å². The second kappa shape index (κ2) is 9.53. The number of rotatable bonds is 9. The van der Waals surface area contributed by atoms with E-state index in [9.17, 15) is 4.79 Å². The number of hydrogen-bond donors (Lipinski definition) is 2. The summed E-state index contributed by atoms with van der Waals surface area (Å²) in [7, 11) is 0. The van der Waals surface area contributed by atoms with E-state index in [1.807, 2.05) is 31.2 Å². The molecule has 0 fully saturated rings. The van der Waals surface area contributed by atoms with E-state index in [0.29, 0.717) is 19.6 Å². The van der Waals surface area contributed by atoms with Gasteiger partial charge in [-0.05, 0) is 37.6 Å². The molecule has 4 nitrogen and oxygen atoms in total. The van der Waals surface area contributed by atoms with E-state index < -0.39 is 0 Å². The third-order valence-corrected chi connectivity index (χ3v) is 2.71. The summed E-state index contributed by atoms with van der Waals surface area (Å²) >= 11 is 0. The van der Waals surface area contributed by atoms with Crippen molar-refractivity contribution in [3.8, 4) is 0 Å². The van der Waals surface area contributed by atoms with Crippen molar-refractivity contribution in [3.05, 3.63) is 29.8 Å². The molecular weight excluding hydrogens is 240 g/mol. The minimum atomic E-state index is 0.0409. The van der Waals surface area contributed by atoms with Gasteiger partial charge in [0, 0.05) is 31.9 Å². The van der Waals surface area contributed by atoms with Crippen LogP contribution in [-0.2, 0) is 16.1 Å². The minimum absolute atomic E-state index is 0.0409. The van der Waals surface area contributed by atoms with Gasteiger partial charge in [-0.25, -0.2) is 0 Å². The number of ether oxygens (including phenoxy) is 1. The van der Waals surface area contributed by atoms with Gasteiger partial charge in [0.05, 0.1) is 0 Å². The van der Waals surface area contributed by atoms with Crippen LogP contribution in [0.2, 0.25) is 0 Å². The zero-order chi connectivity index (χ0) is 13.9. The molecule has 1 aromatic rings. The largest absolute Gasteiger partial charge is 0.382 e. The lowest BCUT2D eigenvalue weighted by Gasteiger charge is -2.07. The topological polar surface area (TPSA) is 50.4 Å². The van der Waals surface area contributed by atoms with E-state index in [1.165, 1.54) is 5.56 Å². The van der Waals surface area contributed by atoms with Gasteiger partial charge in [0.15, 0.2) is 0 Å². The molecule has 0 aliphatic heterocycles. The van der Waals surface area contributed by atoms with Gasteiger partial charge in [0.25, 0.3) is 0 Å². The van der Waals surface area contributed by atoms with Crippen molar-refractivity contribution in [1.29, 1.82) is 0 Å². The van der Waals surface area contributed by atoms with Crippen LogP contribution in [0.3, 0.4) is 0 Å². The van der Waals surface area contributed by atoms with Gasteiger partial charge >= 0.3 is 0 Å². The molecule has 2 N–H and O–H groups in total. The van der Waals surface area contributed by atoms with Gasteiger partial charge in [-0.1, -0.05) is 19.1 Å². The molecule has 1 rings (SSSR count). The first-order chi connectivity index (χ1) is 9.26. The molecule has 4 heteroatoms.